The highest BCUT2D eigenvalue weighted by Gasteiger charge is 2.32. The quantitative estimate of drug-likeness (QED) is 0.870. The van der Waals surface area contributed by atoms with Crippen LogP contribution in [0.15, 0.2) is 29.9 Å². The minimum Gasteiger partial charge on any atom is -0.339 e. The van der Waals surface area contributed by atoms with Crippen LogP contribution < -0.4 is 0 Å². The Bertz CT molecular complexity index is 636. The first-order chi connectivity index (χ1) is 10.6. The maximum atomic E-state index is 12.8. The number of likely N-dealkylation sites (N-methyl/N-ethyl adjacent to an activating group) is 1. The summed E-state index contributed by atoms with van der Waals surface area (Å²) in [5.41, 5.74) is 0. The summed E-state index contributed by atoms with van der Waals surface area (Å²) < 4.78 is 2.04. The lowest BCUT2D eigenvalue weighted by Gasteiger charge is -2.39. The summed E-state index contributed by atoms with van der Waals surface area (Å²) in [6, 6.07) is 4.21. The molecule has 6 heteroatoms. The Kier molecular flexibility index (Phi) is 4.31. The van der Waals surface area contributed by atoms with Crippen molar-refractivity contribution in [2.24, 2.45) is 7.05 Å². The van der Waals surface area contributed by atoms with Crippen LogP contribution in [0.25, 0.3) is 0 Å². The Labute approximate surface area is 135 Å². The first kappa shape index (κ1) is 15.2. The van der Waals surface area contributed by atoms with E-state index >= 15 is 0 Å². The Morgan fingerprint density at radius 3 is 2.86 bits per heavy atom. The third-order valence-electron chi connectivity index (χ3n) is 4.46. The van der Waals surface area contributed by atoms with E-state index in [-0.39, 0.29) is 17.9 Å². The average molecular weight is 318 g/mol. The molecule has 118 valence electrons. The number of nitrogens with zero attached hydrogens (tertiary/aromatic N) is 4. The normalized spacial score (nSPS) is 21.0. The molecule has 3 rings (SSSR count). The number of thiophene rings is 1. The molecule has 0 aromatic carbocycles. The number of imidazole rings is 1. The van der Waals surface area contributed by atoms with Gasteiger partial charge in [0, 0.05) is 44.0 Å². The van der Waals surface area contributed by atoms with Gasteiger partial charge in [-0.2, -0.15) is 0 Å². The zero-order valence-corrected chi connectivity index (χ0v) is 14.1. The van der Waals surface area contributed by atoms with E-state index in [1.807, 2.05) is 53.3 Å². The maximum Gasteiger partial charge on any atom is 0.230 e. The van der Waals surface area contributed by atoms with E-state index in [1.165, 1.54) is 0 Å². The summed E-state index contributed by atoms with van der Waals surface area (Å²) in [6.45, 7) is 4.37. The van der Waals surface area contributed by atoms with E-state index in [9.17, 15) is 4.79 Å². The van der Waals surface area contributed by atoms with E-state index in [2.05, 4.69) is 16.9 Å². The van der Waals surface area contributed by atoms with Crippen molar-refractivity contribution in [3.63, 3.8) is 0 Å². The smallest absolute Gasteiger partial charge is 0.230 e. The minimum atomic E-state index is -0.0644. The second-order valence-corrected chi connectivity index (χ2v) is 6.89. The van der Waals surface area contributed by atoms with Crippen molar-refractivity contribution < 1.29 is 4.79 Å². The van der Waals surface area contributed by atoms with Crippen molar-refractivity contribution in [3.05, 3.63) is 40.6 Å². The lowest BCUT2D eigenvalue weighted by molar-refractivity contribution is -0.135. The highest BCUT2D eigenvalue weighted by Crippen LogP contribution is 2.27. The van der Waals surface area contributed by atoms with E-state index in [0.717, 1.165) is 23.8 Å². The van der Waals surface area contributed by atoms with E-state index < -0.39 is 0 Å². The van der Waals surface area contributed by atoms with Crippen LogP contribution in [0.3, 0.4) is 0 Å². The van der Waals surface area contributed by atoms with Gasteiger partial charge >= 0.3 is 0 Å². The van der Waals surface area contributed by atoms with Crippen LogP contribution in [-0.4, -0.2) is 51.9 Å². The molecule has 3 heterocycles. The summed E-state index contributed by atoms with van der Waals surface area (Å²) >= 11 is 1.65. The summed E-state index contributed by atoms with van der Waals surface area (Å²) in [4.78, 5) is 22.7. The molecule has 0 bridgehead atoms. The molecule has 1 aliphatic rings. The van der Waals surface area contributed by atoms with Crippen molar-refractivity contribution >= 4 is 17.2 Å². The highest BCUT2D eigenvalue weighted by molar-refractivity contribution is 7.10. The fourth-order valence-corrected chi connectivity index (χ4v) is 3.76. The van der Waals surface area contributed by atoms with Gasteiger partial charge in [-0.3, -0.25) is 9.69 Å². The molecule has 2 unspecified atom stereocenters. The van der Waals surface area contributed by atoms with Crippen LogP contribution in [0.4, 0.5) is 0 Å². The molecule has 0 N–H and O–H groups in total. The molecular weight excluding hydrogens is 296 g/mol. The van der Waals surface area contributed by atoms with Crippen LogP contribution in [0.2, 0.25) is 0 Å². The number of carbonyl (C=O) groups is 1. The first-order valence-electron chi connectivity index (χ1n) is 7.57. The molecule has 1 fully saturated rings. The lowest BCUT2D eigenvalue weighted by Crippen LogP contribution is -2.50. The predicted octanol–water partition coefficient (Wildman–Crippen LogP) is 2.10. The highest BCUT2D eigenvalue weighted by atomic mass is 32.1. The van der Waals surface area contributed by atoms with Gasteiger partial charge < -0.3 is 9.47 Å². The fourth-order valence-electron chi connectivity index (χ4n) is 2.98. The Hall–Kier alpha value is -1.66. The molecule has 1 saturated heterocycles. The summed E-state index contributed by atoms with van der Waals surface area (Å²) in [6.07, 6.45) is 3.77. The number of hydrogen-bond acceptors (Lipinski definition) is 4. The molecule has 5 nitrogen and oxygen atoms in total. The monoisotopic (exact) mass is 318 g/mol. The third-order valence-corrected chi connectivity index (χ3v) is 5.51. The Morgan fingerprint density at radius 2 is 2.23 bits per heavy atom. The minimum absolute atomic E-state index is 0.0644. The molecule has 2 aromatic rings. The molecule has 1 aliphatic heterocycles. The van der Waals surface area contributed by atoms with Crippen LogP contribution in [-0.2, 0) is 11.8 Å². The van der Waals surface area contributed by atoms with Crippen molar-refractivity contribution in [2.45, 2.75) is 18.9 Å². The molecule has 0 saturated carbocycles. The molecule has 0 spiro atoms. The number of hydrogen-bond donors (Lipinski definition) is 0. The maximum absolute atomic E-state index is 12.8. The van der Waals surface area contributed by atoms with Gasteiger partial charge in [0.25, 0.3) is 0 Å². The summed E-state index contributed by atoms with van der Waals surface area (Å²) in [7, 11) is 4.11. The largest absolute Gasteiger partial charge is 0.339 e. The van der Waals surface area contributed by atoms with Crippen molar-refractivity contribution in [3.8, 4) is 0 Å². The van der Waals surface area contributed by atoms with Crippen LogP contribution in [0, 0.1) is 0 Å². The average Bonchev–Trinajstić information content (AvgIpc) is 3.18. The summed E-state index contributed by atoms with van der Waals surface area (Å²) in [5, 5.41) is 2.03. The van der Waals surface area contributed by atoms with Crippen molar-refractivity contribution in [1.82, 2.24) is 19.4 Å². The number of aromatic nitrogens is 2. The van der Waals surface area contributed by atoms with Crippen LogP contribution >= 0.6 is 11.3 Å². The number of rotatable bonds is 3. The number of aryl methyl sites for hydroxylation is 1. The zero-order valence-electron chi connectivity index (χ0n) is 13.3. The molecular formula is C16H22N4OS. The fraction of sp³-hybridized carbons (Fsp3) is 0.500. The van der Waals surface area contributed by atoms with Gasteiger partial charge in [-0.05, 0) is 25.4 Å². The molecule has 0 radical (unpaired) electrons. The standard InChI is InChI=1S/C16H22N4OS/c1-12(14-5-4-10-22-14)16(21)20-9-8-18(2)13(11-20)15-17-6-7-19(15)3/h4-7,10,12-13H,8-9,11H2,1-3H3. The molecule has 22 heavy (non-hydrogen) atoms. The SMILES string of the molecule is CC(C(=O)N1CCN(C)C(c2nccn2C)C1)c1cccs1. The van der Waals surface area contributed by atoms with Crippen LogP contribution in [0.1, 0.15) is 29.6 Å². The summed E-state index contributed by atoms with van der Waals surface area (Å²) in [5.74, 6) is 1.17. The van der Waals surface area contributed by atoms with E-state index in [4.69, 9.17) is 0 Å². The first-order valence-corrected chi connectivity index (χ1v) is 8.45. The second kappa shape index (κ2) is 6.22. The topological polar surface area (TPSA) is 41.4 Å². The van der Waals surface area contributed by atoms with Gasteiger partial charge in [-0.1, -0.05) is 6.07 Å². The van der Waals surface area contributed by atoms with Gasteiger partial charge in [0.2, 0.25) is 5.91 Å². The van der Waals surface area contributed by atoms with Gasteiger partial charge in [0.05, 0.1) is 12.0 Å². The number of amides is 1. The van der Waals surface area contributed by atoms with Gasteiger partial charge in [0.15, 0.2) is 0 Å². The lowest BCUT2D eigenvalue weighted by atomic mass is 10.1. The van der Waals surface area contributed by atoms with Gasteiger partial charge in [-0.25, -0.2) is 4.98 Å². The zero-order chi connectivity index (χ0) is 15.7. The molecule has 0 aliphatic carbocycles. The molecule has 2 atom stereocenters. The van der Waals surface area contributed by atoms with Crippen LogP contribution in [0.5, 0.6) is 0 Å². The Morgan fingerprint density at radius 1 is 1.41 bits per heavy atom. The molecule has 1 amide bonds. The van der Waals surface area contributed by atoms with Crippen molar-refractivity contribution in [1.29, 1.82) is 0 Å². The predicted molar refractivity (Wildman–Crippen MR) is 87.9 cm³/mol. The van der Waals surface area contributed by atoms with E-state index in [0.29, 0.717) is 6.54 Å². The van der Waals surface area contributed by atoms with Crippen molar-refractivity contribution in [2.75, 3.05) is 26.7 Å². The van der Waals surface area contributed by atoms with E-state index in [1.54, 1.807) is 11.3 Å². The molecule has 2 aromatic heterocycles. The van der Waals surface area contributed by atoms with Gasteiger partial charge in [-0.15, -0.1) is 11.3 Å². The number of piperazine rings is 1. The Balaban J connectivity index is 1.75. The second-order valence-electron chi connectivity index (χ2n) is 5.91. The van der Waals surface area contributed by atoms with Gasteiger partial charge in [0.1, 0.15) is 5.82 Å². The number of carbonyl (C=O) groups excluding carboxylic acids is 1. The third kappa shape index (κ3) is 2.80.